The lowest BCUT2D eigenvalue weighted by atomic mass is 10.1. The molecule has 1 N–H and O–H groups in total. The molecule has 0 bridgehead atoms. The van der Waals surface area contributed by atoms with Gasteiger partial charge >= 0.3 is 0 Å². The fraction of sp³-hybridized carbons (Fsp3) is 0.304. The van der Waals surface area contributed by atoms with E-state index in [0.717, 1.165) is 47.0 Å². The number of carbonyl (C=O) groups excluding carboxylic acids is 1. The zero-order chi connectivity index (χ0) is 21.1. The summed E-state index contributed by atoms with van der Waals surface area (Å²) in [6.45, 7) is 8.86. The van der Waals surface area contributed by atoms with Gasteiger partial charge in [0.1, 0.15) is 23.8 Å². The Kier molecular flexibility index (Phi) is 5.61. The number of pyridine rings is 1. The molecule has 1 amide bonds. The van der Waals surface area contributed by atoms with Crippen LogP contribution in [-0.2, 0) is 0 Å². The van der Waals surface area contributed by atoms with Crippen LogP contribution in [0.5, 0.6) is 0 Å². The van der Waals surface area contributed by atoms with E-state index in [1.165, 1.54) is 0 Å². The van der Waals surface area contributed by atoms with Gasteiger partial charge in [-0.2, -0.15) is 0 Å². The van der Waals surface area contributed by atoms with E-state index in [1.807, 2.05) is 56.0 Å². The number of nitrogens with zero attached hydrogens (tertiary/aromatic N) is 5. The molecule has 0 aliphatic carbocycles. The van der Waals surface area contributed by atoms with Gasteiger partial charge in [-0.15, -0.1) is 0 Å². The number of aryl methyl sites for hydroxylation is 3. The highest BCUT2D eigenvalue weighted by Gasteiger charge is 2.23. The molecule has 3 heterocycles. The topological polar surface area (TPSA) is 74.2 Å². The van der Waals surface area contributed by atoms with Gasteiger partial charge in [-0.25, -0.2) is 15.0 Å². The van der Waals surface area contributed by atoms with Crippen molar-refractivity contribution in [2.75, 3.05) is 36.4 Å². The molecule has 7 nitrogen and oxygen atoms in total. The summed E-state index contributed by atoms with van der Waals surface area (Å²) in [5.74, 6) is 2.39. The molecular weight excluding hydrogens is 376 g/mol. The Bertz CT molecular complexity index is 1040. The van der Waals surface area contributed by atoms with Gasteiger partial charge in [-0.3, -0.25) is 4.79 Å². The number of carbonyl (C=O) groups is 1. The normalized spacial score (nSPS) is 14.0. The Morgan fingerprint density at radius 3 is 2.23 bits per heavy atom. The highest BCUT2D eigenvalue weighted by atomic mass is 16.2. The average Bonchev–Trinajstić information content (AvgIpc) is 2.73. The van der Waals surface area contributed by atoms with Gasteiger partial charge in [0.05, 0.1) is 0 Å². The number of amides is 1. The molecule has 1 fully saturated rings. The van der Waals surface area contributed by atoms with Crippen LogP contribution >= 0.6 is 0 Å². The van der Waals surface area contributed by atoms with Gasteiger partial charge in [0.2, 0.25) is 0 Å². The number of benzene rings is 1. The summed E-state index contributed by atoms with van der Waals surface area (Å²) in [6.07, 6.45) is 3.33. The molecule has 7 heteroatoms. The maximum absolute atomic E-state index is 12.9. The minimum Gasteiger partial charge on any atom is -0.353 e. The molecule has 0 radical (unpaired) electrons. The monoisotopic (exact) mass is 402 g/mol. The minimum atomic E-state index is 0.0945. The Balaban J connectivity index is 1.41. The first kappa shape index (κ1) is 19.8. The Morgan fingerprint density at radius 2 is 1.53 bits per heavy atom. The van der Waals surface area contributed by atoms with Crippen molar-refractivity contribution in [1.29, 1.82) is 0 Å². The average molecular weight is 403 g/mol. The third-order valence-corrected chi connectivity index (χ3v) is 5.18. The van der Waals surface area contributed by atoms with E-state index in [4.69, 9.17) is 0 Å². The molecular formula is C23H26N6O. The standard InChI is InChI=1S/C23H26N6O/c1-16-4-5-24-20(13-16)27-21-14-22(26-15-25-21)28-6-8-29(9-7-28)23(30)19-11-17(2)10-18(3)12-19/h4-5,10-15H,6-9H2,1-3H3,(H,24,25,26,27). The largest absolute Gasteiger partial charge is 0.353 e. The smallest absolute Gasteiger partial charge is 0.253 e. The lowest BCUT2D eigenvalue weighted by molar-refractivity contribution is 0.0746. The van der Waals surface area contributed by atoms with Crippen LogP contribution in [0.3, 0.4) is 0 Å². The molecule has 0 unspecified atom stereocenters. The van der Waals surface area contributed by atoms with Crippen LogP contribution in [0.15, 0.2) is 48.9 Å². The highest BCUT2D eigenvalue weighted by Crippen LogP contribution is 2.20. The van der Waals surface area contributed by atoms with Crippen molar-refractivity contribution < 1.29 is 4.79 Å². The van der Waals surface area contributed by atoms with Crippen molar-refractivity contribution in [2.45, 2.75) is 20.8 Å². The van der Waals surface area contributed by atoms with E-state index < -0.39 is 0 Å². The van der Waals surface area contributed by atoms with Crippen molar-refractivity contribution in [2.24, 2.45) is 0 Å². The van der Waals surface area contributed by atoms with E-state index in [9.17, 15) is 4.79 Å². The molecule has 30 heavy (non-hydrogen) atoms. The number of aromatic nitrogens is 3. The molecule has 3 aromatic rings. The second kappa shape index (κ2) is 8.49. The molecule has 1 aromatic carbocycles. The third-order valence-electron chi connectivity index (χ3n) is 5.18. The summed E-state index contributed by atoms with van der Waals surface area (Å²) in [7, 11) is 0. The third kappa shape index (κ3) is 4.56. The number of nitrogens with one attached hydrogen (secondary N) is 1. The molecule has 1 saturated heterocycles. The number of rotatable bonds is 4. The zero-order valence-electron chi connectivity index (χ0n) is 17.6. The summed E-state index contributed by atoms with van der Waals surface area (Å²) < 4.78 is 0. The van der Waals surface area contributed by atoms with Gasteiger partial charge in [0.25, 0.3) is 5.91 Å². The molecule has 1 aliphatic rings. The summed E-state index contributed by atoms with van der Waals surface area (Å²) >= 11 is 0. The number of hydrogen-bond acceptors (Lipinski definition) is 6. The molecule has 0 spiro atoms. The van der Waals surface area contributed by atoms with E-state index in [2.05, 4.69) is 31.2 Å². The highest BCUT2D eigenvalue weighted by molar-refractivity contribution is 5.94. The van der Waals surface area contributed by atoms with Gasteiger partial charge in [0.15, 0.2) is 0 Å². The summed E-state index contributed by atoms with van der Waals surface area (Å²) in [4.78, 5) is 30.0. The Hall–Kier alpha value is -3.48. The van der Waals surface area contributed by atoms with Crippen molar-refractivity contribution in [1.82, 2.24) is 19.9 Å². The van der Waals surface area contributed by atoms with E-state index in [-0.39, 0.29) is 5.91 Å². The number of hydrogen-bond donors (Lipinski definition) is 1. The van der Waals surface area contributed by atoms with Crippen LogP contribution in [0.25, 0.3) is 0 Å². The zero-order valence-corrected chi connectivity index (χ0v) is 17.6. The molecule has 4 rings (SSSR count). The predicted octanol–water partition coefficient (Wildman–Crippen LogP) is 3.50. The van der Waals surface area contributed by atoms with Crippen LogP contribution in [0.2, 0.25) is 0 Å². The minimum absolute atomic E-state index is 0.0945. The maximum Gasteiger partial charge on any atom is 0.253 e. The van der Waals surface area contributed by atoms with Crippen LogP contribution in [0.4, 0.5) is 17.5 Å². The lowest BCUT2D eigenvalue weighted by Crippen LogP contribution is -2.49. The summed E-state index contributed by atoms with van der Waals surface area (Å²) in [6, 6.07) is 11.9. The van der Waals surface area contributed by atoms with E-state index >= 15 is 0 Å². The number of piperazine rings is 1. The lowest BCUT2D eigenvalue weighted by Gasteiger charge is -2.35. The first-order valence-electron chi connectivity index (χ1n) is 10.1. The molecule has 154 valence electrons. The molecule has 2 aromatic heterocycles. The molecule has 0 saturated carbocycles. The summed E-state index contributed by atoms with van der Waals surface area (Å²) in [5.41, 5.74) is 4.12. The molecule has 0 atom stereocenters. The van der Waals surface area contributed by atoms with Crippen molar-refractivity contribution in [3.63, 3.8) is 0 Å². The van der Waals surface area contributed by atoms with Crippen molar-refractivity contribution >= 4 is 23.4 Å². The Labute approximate surface area is 176 Å². The number of anilines is 3. The summed E-state index contributed by atoms with van der Waals surface area (Å²) in [5, 5.41) is 3.23. The van der Waals surface area contributed by atoms with Gasteiger partial charge in [-0.05, 0) is 50.6 Å². The van der Waals surface area contributed by atoms with Gasteiger partial charge in [0, 0.05) is 44.0 Å². The first-order chi connectivity index (χ1) is 14.5. The van der Waals surface area contributed by atoms with E-state index in [1.54, 1.807) is 12.5 Å². The van der Waals surface area contributed by atoms with Gasteiger partial charge in [-0.1, -0.05) is 17.2 Å². The van der Waals surface area contributed by atoms with Crippen molar-refractivity contribution in [3.05, 3.63) is 71.2 Å². The van der Waals surface area contributed by atoms with Crippen molar-refractivity contribution in [3.8, 4) is 0 Å². The fourth-order valence-electron chi connectivity index (χ4n) is 3.74. The van der Waals surface area contributed by atoms with Crippen LogP contribution in [0.1, 0.15) is 27.0 Å². The van der Waals surface area contributed by atoms with Crippen LogP contribution < -0.4 is 10.2 Å². The first-order valence-corrected chi connectivity index (χ1v) is 10.1. The van der Waals surface area contributed by atoms with Crippen LogP contribution in [-0.4, -0.2) is 51.9 Å². The van der Waals surface area contributed by atoms with Crippen LogP contribution in [0, 0.1) is 20.8 Å². The Morgan fingerprint density at radius 1 is 0.833 bits per heavy atom. The SMILES string of the molecule is Cc1cc(C)cc(C(=O)N2CCN(c3cc(Nc4cc(C)ccn4)ncn3)CC2)c1. The molecule has 1 aliphatic heterocycles. The fourth-order valence-corrected chi connectivity index (χ4v) is 3.74. The maximum atomic E-state index is 12.9. The predicted molar refractivity (Wildman–Crippen MR) is 118 cm³/mol. The van der Waals surface area contributed by atoms with Gasteiger partial charge < -0.3 is 15.1 Å². The quantitative estimate of drug-likeness (QED) is 0.720. The second-order valence-electron chi connectivity index (χ2n) is 7.76. The second-order valence-corrected chi connectivity index (χ2v) is 7.76. The van der Waals surface area contributed by atoms with E-state index in [0.29, 0.717) is 18.9 Å².